The number of carbonyl (C=O) groups is 1. The van der Waals surface area contributed by atoms with Gasteiger partial charge in [0.05, 0.1) is 9.50 Å². The van der Waals surface area contributed by atoms with E-state index in [1.807, 2.05) is 0 Å². The lowest BCUT2D eigenvalue weighted by Crippen LogP contribution is -1.88. The molecule has 0 heterocycles. The van der Waals surface area contributed by atoms with E-state index in [-0.39, 0.29) is 5.82 Å². The molecule has 0 aliphatic rings. The van der Waals surface area contributed by atoms with Gasteiger partial charge in [0.1, 0.15) is 17.3 Å². The molecule has 0 aliphatic carbocycles. The van der Waals surface area contributed by atoms with Crippen LogP contribution in [0.1, 0.15) is 10.4 Å². The molecule has 0 radical (unpaired) electrons. The Labute approximate surface area is 116 Å². The van der Waals surface area contributed by atoms with Gasteiger partial charge < -0.3 is 4.74 Å². The molecular weight excluding hydrogens is 322 g/mol. The van der Waals surface area contributed by atoms with Gasteiger partial charge >= 0.3 is 0 Å². The van der Waals surface area contributed by atoms with Crippen molar-refractivity contribution in [2.45, 2.75) is 0 Å². The van der Waals surface area contributed by atoms with Crippen LogP contribution in [0.2, 0.25) is 5.02 Å². The number of aldehydes is 1. The molecule has 2 rings (SSSR count). The summed E-state index contributed by atoms with van der Waals surface area (Å²) < 4.78 is 18.9. The quantitative estimate of drug-likeness (QED) is 0.753. The van der Waals surface area contributed by atoms with Crippen LogP contribution in [-0.2, 0) is 0 Å². The molecule has 0 saturated carbocycles. The second-order valence-electron chi connectivity index (χ2n) is 3.48. The summed E-state index contributed by atoms with van der Waals surface area (Å²) in [6.07, 6.45) is 0.667. The maximum atomic E-state index is 13.0. The van der Waals surface area contributed by atoms with E-state index in [1.165, 1.54) is 24.3 Å². The Morgan fingerprint density at radius 3 is 2.44 bits per heavy atom. The fourth-order valence-corrected chi connectivity index (χ4v) is 1.92. The highest BCUT2D eigenvalue weighted by molar-refractivity contribution is 9.10. The van der Waals surface area contributed by atoms with E-state index in [0.717, 1.165) is 0 Å². The molecule has 0 amide bonds. The third kappa shape index (κ3) is 2.89. The van der Waals surface area contributed by atoms with Crippen LogP contribution >= 0.6 is 27.5 Å². The largest absolute Gasteiger partial charge is 0.457 e. The molecule has 0 aliphatic heterocycles. The topological polar surface area (TPSA) is 26.3 Å². The normalized spacial score (nSPS) is 10.2. The Balaban J connectivity index is 2.25. The molecule has 5 heteroatoms. The van der Waals surface area contributed by atoms with Gasteiger partial charge in [-0.25, -0.2) is 4.39 Å². The molecule has 2 nitrogen and oxygen atoms in total. The van der Waals surface area contributed by atoms with Gasteiger partial charge in [-0.1, -0.05) is 11.6 Å². The summed E-state index contributed by atoms with van der Waals surface area (Å²) in [7, 11) is 0. The van der Waals surface area contributed by atoms with E-state index in [1.54, 1.807) is 12.1 Å². The number of hydrogen-bond donors (Lipinski definition) is 0. The first-order chi connectivity index (χ1) is 8.60. The summed E-state index contributed by atoms with van der Waals surface area (Å²) in [5.41, 5.74) is 0.393. The molecule has 0 N–H and O–H groups in total. The summed E-state index contributed by atoms with van der Waals surface area (Å²) in [5, 5.41) is 0.309. The van der Waals surface area contributed by atoms with Crippen LogP contribution in [0.15, 0.2) is 40.9 Å². The second kappa shape index (κ2) is 5.50. The highest BCUT2D eigenvalue weighted by Gasteiger charge is 2.05. The van der Waals surface area contributed by atoms with Crippen LogP contribution in [0, 0.1) is 5.82 Å². The summed E-state index contributed by atoms with van der Waals surface area (Å²) in [5.74, 6) is 0.582. The molecular formula is C13H7BrClFO2. The summed E-state index contributed by atoms with van der Waals surface area (Å²) >= 11 is 8.94. The monoisotopic (exact) mass is 328 g/mol. The van der Waals surface area contributed by atoms with Gasteiger partial charge in [-0.15, -0.1) is 0 Å². The Kier molecular flexibility index (Phi) is 3.99. The van der Waals surface area contributed by atoms with Crippen molar-refractivity contribution in [3.63, 3.8) is 0 Å². The maximum absolute atomic E-state index is 13.0. The van der Waals surface area contributed by atoms with E-state index in [4.69, 9.17) is 16.3 Å². The predicted octanol–water partition coefficient (Wildman–Crippen LogP) is 4.85. The SMILES string of the molecule is O=Cc1ccc(Oc2ccc(F)c(Br)c2)cc1Cl. The number of halogens is 3. The maximum Gasteiger partial charge on any atom is 0.151 e. The van der Waals surface area contributed by atoms with Crippen molar-refractivity contribution in [2.24, 2.45) is 0 Å². The Morgan fingerprint density at radius 2 is 1.83 bits per heavy atom. The van der Waals surface area contributed by atoms with Crippen LogP contribution in [-0.4, -0.2) is 6.29 Å². The van der Waals surface area contributed by atoms with Gasteiger partial charge in [0.2, 0.25) is 0 Å². The summed E-state index contributed by atoms with van der Waals surface area (Å²) in [4.78, 5) is 10.6. The van der Waals surface area contributed by atoms with Crippen molar-refractivity contribution in [2.75, 3.05) is 0 Å². The van der Waals surface area contributed by atoms with Crippen LogP contribution in [0.25, 0.3) is 0 Å². The van der Waals surface area contributed by atoms with Gasteiger partial charge in [0, 0.05) is 11.6 Å². The predicted molar refractivity (Wildman–Crippen MR) is 71.0 cm³/mol. The molecule has 92 valence electrons. The first kappa shape index (κ1) is 13.1. The lowest BCUT2D eigenvalue weighted by atomic mass is 10.2. The minimum Gasteiger partial charge on any atom is -0.457 e. The Bertz CT molecular complexity index is 602. The van der Waals surface area contributed by atoms with E-state index < -0.39 is 0 Å². The van der Waals surface area contributed by atoms with Crippen molar-refractivity contribution >= 4 is 33.8 Å². The Morgan fingerprint density at radius 1 is 1.17 bits per heavy atom. The number of benzene rings is 2. The number of rotatable bonds is 3. The molecule has 0 unspecified atom stereocenters. The van der Waals surface area contributed by atoms with Gasteiger partial charge in [-0.2, -0.15) is 0 Å². The fraction of sp³-hybridized carbons (Fsp3) is 0. The van der Waals surface area contributed by atoms with E-state index >= 15 is 0 Å². The molecule has 0 atom stereocenters. The summed E-state index contributed by atoms with van der Waals surface area (Å²) in [6.45, 7) is 0. The Hall–Kier alpha value is -1.39. The van der Waals surface area contributed by atoms with Gasteiger partial charge in [-0.3, -0.25) is 4.79 Å². The highest BCUT2D eigenvalue weighted by atomic mass is 79.9. The molecule has 0 saturated heterocycles. The smallest absolute Gasteiger partial charge is 0.151 e. The van der Waals surface area contributed by atoms with Crippen molar-refractivity contribution in [1.82, 2.24) is 0 Å². The van der Waals surface area contributed by atoms with Crippen molar-refractivity contribution < 1.29 is 13.9 Å². The zero-order valence-electron chi connectivity index (χ0n) is 8.99. The number of carbonyl (C=O) groups excluding carboxylic acids is 1. The van der Waals surface area contributed by atoms with Crippen molar-refractivity contribution in [3.8, 4) is 11.5 Å². The lowest BCUT2D eigenvalue weighted by molar-refractivity contribution is 0.112. The van der Waals surface area contributed by atoms with E-state index in [2.05, 4.69) is 15.9 Å². The molecule has 0 aromatic heterocycles. The average Bonchev–Trinajstić information content (AvgIpc) is 2.34. The standard InChI is InChI=1S/C13H7BrClFO2/c14-11-5-9(3-4-13(11)16)18-10-2-1-8(7-17)12(15)6-10/h1-7H. The van der Waals surface area contributed by atoms with E-state index in [9.17, 15) is 9.18 Å². The van der Waals surface area contributed by atoms with Gasteiger partial charge in [-0.05, 0) is 46.3 Å². The van der Waals surface area contributed by atoms with Crippen LogP contribution in [0.4, 0.5) is 4.39 Å². The highest BCUT2D eigenvalue weighted by Crippen LogP contribution is 2.28. The lowest BCUT2D eigenvalue weighted by Gasteiger charge is -2.07. The first-order valence-corrected chi connectivity index (χ1v) is 6.15. The van der Waals surface area contributed by atoms with Gasteiger partial charge in [0.25, 0.3) is 0 Å². The fourth-order valence-electron chi connectivity index (χ4n) is 1.34. The van der Waals surface area contributed by atoms with Crippen LogP contribution in [0.5, 0.6) is 11.5 Å². The van der Waals surface area contributed by atoms with Crippen LogP contribution in [0.3, 0.4) is 0 Å². The molecule has 0 fully saturated rings. The average molecular weight is 330 g/mol. The third-order valence-corrected chi connectivity index (χ3v) is 3.16. The minimum absolute atomic E-state index is 0.309. The molecule has 18 heavy (non-hydrogen) atoms. The first-order valence-electron chi connectivity index (χ1n) is 4.98. The van der Waals surface area contributed by atoms with Gasteiger partial charge in [0.15, 0.2) is 6.29 Å². The minimum atomic E-state index is -0.364. The van der Waals surface area contributed by atoms with Crippen molar-refractivity contribution in [1.29, 1.82) is 0 Å². The van der Waals surface area contributed by atoms with Crippen LogP contribution < -0.4 is 4.74 Å². The number of hydrogen-bond acceptors (Lipinski definition) is 2. The molecule has 0 bridgehead atoms. The number of ether oxygens (including phenoxy) is 1. The summed E-state index contributed by atoms with van der Waals surface area (Å²) in [6, 6.07) is 9.01. The van der Waals surface area contributed by atoms with Crippen molar-refractivity contribution in [3.05, 3.63) is 57.3 Å². The van der Waals surface area contributed by atoms with E-state index in [0.29, 0.717) is 32.8 Å². The third-order valence-electron chi connectivity index (χ3n) is 2.23. The molecule has 2 aromatic rings. The zero-order valence-corrected chi connectivity index (χ0v) is 11.3. The second-order valence-corrected chi connectivity index (χ2v) is 4.74. The molecule has 2 aromatic carbocycles. The zero-order chi connectivity index (χ0) is 13.1. The molecule has 0 spiro atoms.